The zero-order valence-corrected chi connectivity index (χ0v) is 20.9. The molecule has 4 rings (SSSR count). The van der Waals surface area contributed by atoms with Crippen LogP contribution in [-0.4, -0.2) is 38.2 Å². The first-order valence-corrected chi connectivity index (χ1v) is 11.6. The number of carboxylic acids is 1. The molecule has 196 valence electrons. The number of halogens is 2. The molecule has 0 spiro atoms. The molecule has 4 N–H and O–H groups in total. The van der Waals surface area contributed by atoms with Crippen molar-refractivity contribution in [2.75, 3.05) is 10.6 Å². The SMILES string of the molecule is C=CC(=O)Nc1ccc2ncnc(Nc3ccc(OCc4cccc(F)c4)c(Cl)c3)c2c1.CC(O)C(=O)O. The Morgan fingerprint density at radius 1 is 1.13 bits per heavy atom. The molecule has 11 heteroatoms. The van der Waals surface area contributed by atoms with Gasteiger partial charge in [0.1, 0.15) is 36.4 Å². The first kappa shape index (κ1) is 28.0. The fraction of sp³-hybridized carbons (Fsp3) is 0.111. The number of aliphatic hydroxyl groups is 1. The normalized spacial score (nSPS) is 11.1. The van der Waals surface area contributed by atoms with Crippen molar-refractivity contribution in [2.45, 2.75) is 19.6 Å². The lowest BCUT2D eigenvalue weighted by Crippen LogP contribution is -2.13. The average molecular weight is 539 g/mol. The number of ether oxygens (including phenoxy) is 1. The third-order valence-electron chi connectivity index (χ3n) is 4.92. The van der Waals surface area contributed by atoms with Crippen molar-refractivity contribution < 1.29 is 28.9 Å². The van der Waals surface area contributed by atoms with E-state index in [4.69, 9.17) is 26.6 Å². The van der Waals surface area contributed by atoms with Crippen LogP contribution in [0.15, 0.2) is 79.6 Å². The van der Waals surface area contributed by atoms with Gasteiger partial charge in [-0.05, 0) is 67.1 Å². The van der Waals surface area contributed by atoms with Gasteiger partial charge in [0.25, 0.3) is 0 Å². The lowest BCUT2D eigenvalue weighted by molar-refractivity contribution is -0.145. The summed E-state index contributed by atoms with van der Waals surface area (Å²) in [6, 6.07) is 16.7. The summed E-state index contributed by atoms with van der Waals surface area (Å²) in [5.74, 6) is -0.787. The molecule has 0 aliphatic rings. The van der Waals surface area contributed by atoms with Crippen LogP contribution in [0.1, 0.15) is 12.5 Å². The third kappa shape index (κ3) is 7.99. The molecular weight excluding hydrogens is 515 g/mol. The number of aliphatic carboxylic acids is 1. The zero-order chi connectivity index (χ0) is 27.7. The number of anilines is 3. The standard InChI is InChI=1S/C24H18ClFN4O2.C3H6O3/c1-2-23(31)29-17-6-8-21-19(11-17)24(28-14-27-21)30-18-7-9-22(20(25)12-18)32-13-15-4-3-5-16(26)10-15;1-2(4)3(5)6/h2-12,14H,1,13H2,(H,29,31)(H,27,28,30);2,4H,1H3,(H,5,6). The molecule has 0 aliphatic heterocycles. The summed E-state index contributed by atoms with van der Waals surface area (Å²) in [7, 11) is 0. The van der Waals surface area contributed by atoms with Gasteiger partial charge in [0.15, 0.2) is 0 Å². The monoisotopic (exact) mass is 538 g/mol. The summed E-state index contributed by atoms with van der Waals surface area (Å²) in [5.41, 5.74) is 2.70. The van der Waals surface area contributed by atoms with E-state index in [1.165, 1.54) is 31.5 Å². The number of rotatable bonds is 8. The van der Waals surface area contributed by atoms with E-state index in [2.05, 4.69) is 27.2 Å². The summed E-state index contributed by atoms with van der Waals surface area (Å²) in [4.78, 5) is 29.6. The molecule has 0 saturated heterocycles. The topological polar surface area (TPSA) is 134 Å². The minimum Gasteiger partial charge on any atom is -0.487 e. The van der Waals surface area contributed by atoms with Crippen molar-refractivity contribution in [3.63, 3.8) is 0 Å². The van der Waals surface area contributed by atoms with Gasteiger partial charge in [0.05, 0.1) is 10.5 Å². The van der Waals surface area contributed by atoms with Crippen molar-refractivity contribution in [3.05, 3.63) is 96.0 Å². The van der Waals surface area contributed by atoms with Crippen molar-refractivity contribution in [2.24, 2.45) is 0 Å². The van der Waals surface area contributed by atoms with Crippen LogP contribution in [0.25, 0.3) is 10.9 Å². The van der Waals surface area contributed by atoms with Gasteiger partial charge in [-0.25, -0.2) is 19.2 Å². The van der Waals surface area contributed by atoms with Crippen LogP contribution in [0.4, 0.5) is 21.6 Å². The molecule has 9 nitrogen and oxygen atoms in total. The van der Waals surface area contributed by atoms with Gasteiger partial charge in [-0.15, -0.1) is 0 Å². The molecule has 4 aromatic rings. The van der Waals surface area contributed by atoms with E-state index < -0.39 is 12.1 Å². The Kier molecular flexibility index (Phi) is 9.69. The van der Waals surface area contributed by atoms with Crippen LogP contribution in [-0.2, 0) is 16.2 Å². The fourth-order valence-corrected chi connectivity index (χ4v) is 3.28. The number of nitrogens with zero attached hydrogens (tertiary/aromatic N) is 2. The van der Waals surface area contributed by atoms with E-state index in [-0.39, 0.29) is 18.3 Å². The number of nitrogens with one attached hydrogen (secondary N) is 2. The first-order valence-electron chi connectivity index (χ1n) is 11.2. The Balaban J connectivity index is 0.000000599. The Labute approximate surface area is 222 Å². The smallest absolute Gasteiger partial charge is 0.332 e. The fourth-order valence-electron chi connectivity index (χ4n) is 3.05. The highest BCUT2D eigenvalue weighted by atomic mass is 35.5. The molecule has 38 heavy (non-hydrogen) atoms. The third-order valence-corrected chi connectivity index (χ3v) is 5.22. The largest absolute Gasteiger partial charge is 0.487 e. The summed E-state index contributed by atoms with van der Waals surface area (Å²) in [6.07, 6.45) is 1.42. The Morgan fingerprint density at radius 3 is 2.53 bits per heavy atom. The van der Waals surface area contributed by atoms with Crippen LogP contribution in [0.3, 0.4) is 0 Å². The summed E-state index contributed by atoms with van der Waals surface area (Å²) >= 11 is 6.38. The predicted octanol–water partition coefficient (Wildman–Crippen LogP) is 5.32. The average Bonchev–Trinajstić information content (AvgIpc) is 2.89. The van der Waals surface area contributed by atoms with E-state index in [9.17, 15) is 14.0 Å². The molecule has 0 aliphatic carbocycles. The maximum Gasteiger partial charge on any atom is 0.332 e. The van der Waals surface area contributed by atoms with Crippen LogP contribution in [0.5, 0.6) is 5.75 Å². The molecule has 0 fully saturated rings. The molecular formula is C27H24ClFN4O5. The molecule has 0 saturated carbocycles. The van der Waals surface area contributed by atoms with Gasteiger partial charge in [0, 0.05) is 16.8 Å². The highest BCUT2D eigenvalue weighted by Crippen LogP contribution is 2.31. The number of aromatic nitrogens is 2. The van der Waals surface area contributed by atoms with E-state index in [1.54, 1.807) is 48.5 Å². The van der Waals surface area contributed by atoms with E-state index in [1.807, 2.05) is 0 Å². The quantitative estimate of drug-likeness (QED) is 0.221. The molecule has 1 amide bonds. The number of carboxylic acid groups (broad SMARTS) is 1. The maximum atomic E-state index is 13.3. The van der Waals surface area contributed by atoms with Gasteiger partial charge in [-0.1, -0.05) is 30.3 Å². The summed E-state index contributed by atoms with van der Waals surface area (Å²) in [5, 5.41) is 22.8. The zero-order valence-electron chi connectivity index (χ0n) is 20.2. The second-order valence-corrected chi connectivity index (χ2v) is 8.26. The number of carbonyl (C=O) groups excluding carboxylic acids is 1. The van der Waals surface area contributed by atoms with Gasteiger partial charge in [-0.2, -0.15) is 0 Å². The molecule has 0 bridgehead atoms. The van der Waals surface area contributed by atoms with Crippen LogP contribution in [0, 0.1) is 5.82 Å². The van der Waals surface area contributed by atoms with Crippen molar-refractivity contribution in [1.82, 2.24) is 9.97 Å². The van der Waals surface area contributed by atoms with E-state index in [0.717, 1.165) is 5.39 Å². The molecule has 0 radical (unpaired) electrons. The van der Waals surface area contributed by atoms with E-state index >= 15 is 0 Å². The molecule has 3 aromatic carbocycles. The lowest BCUT2D eigenvalue weighted by Gasteiger charge is -2.12. The van der Waals surface area contributed by atoms with Crippen LogP contribution in [0.2, 0.25) is 5.02 Å². The Morgan fingerprint density at radius 2 is 1.87 bits per heavy atom. The minimum absolute atomic E-state index is 0.194. The number of hydrogen-bond acceptors (Lipinski definition) is 7. The molecule has 1 unspecified atom stereocenters. The Hall–Kier alpha value is -4.54. The van der Waals surface area contributed by atoms with Crippen molar-refractivity contribution in [1.29, 1.82) is 0 Å². The number of fused-ring (bicyclic) bond motifs is 1. The second-order valence-electron chi connectivity index (χ2n) is 7.85. The molecule has 1 heterocycles. The van der Waals surface area contributed by atoms with Gasteiger partial charge < -0.3 is 25.6 Å². The van der Waals surface area contributed by atoms with Crippen molar-refractivity contribution >= 4 is 51.6 Å². The summed E-state index contributed by atoms with van der Waals surface area (Å²) < 4.78 is 19.0. The van der Waals surface area contributed by atoms with Gasteiger partial charge in [-0.3, -0.25) is 4.79 Å². The number of carbonyl (C=O) groups is 2. The highest BCUT2D eigenvalue weighted by Gasteiger charge is 2.09. The maximum absolute atomic E-state index is 13.3. The van der Waals surface area contributed by atoms with Gasteiger partial charge in [0.2, 0.25) is 5.91 Å². The van der Waals surface area contributed by atoms with Gasteiger partial charge >= 0.3 is 5.97 Å². The number of benzene rings is 3. The first-order chi connectivity index (χ1) is 18.2. The predicted molar refractivity (Wildman–Crippen MR) is 143 cm³/mol. The van der Waals surface area contributed by atoms with Crippen molar-refractivity contribution in [3.8, 4) is 5.75 Å². The van der Waals surface area contributed by atoms with Crippen LogP contribution < -0.4 is 15.4 Å². The highest BCUT2D eigenvalue weighted by molar-refractivity contribution is 6.32. The van der Waals surface area contributed by atoms with Crippen LogP contribution >= 0.6 is 11.6 Å². The number of hydrogen-bond donors (Lipinski definition) is 4. The Bertz CT molecular complexity index is 1460. The number of aliphatic hydroxyl groups excluding tert-OH is 1. The summed E-state index contributed by atoms with van der Waals surface area (Å²) in [6.45, 7) is 4.84. The molecule has 1 atom stereocenters. The minimum atomic E-state index is -1.23. The molecule has 1 aromatic heterocycles. The number of amides is 1. The second kappa shape index (κ2) is 13.1. The van der Waals surface area contributed by atoms with E-state index in [0.29, 0.717) is 39.0 Å². The lowest BCUT2D eigenvalue weighted by atomic mass is 10.2.